The first-order chi connectivity index (χ1) is 18.3. The summed E-state index contributed by atoms with van der Waals surface area (Å²) in [5.74, 6) is 0.892. The first-order valence-corrected chi connectivity index (χ1v) is 17.9. The minimum atomic E-state index is 0.892. The highest BCUT2D eigenvalue weighted by atomic mass is 14.0. The van der Waals surface area contributed by atoms with Gasteiger partial charge < -0.3 is 0 Å². The molecule has 0 rings (SSSR count). The smallest absolute Gasteiger partial charge is 0.0351 e. The lowest BCUT2D eigenvalue weighted by atomic mass is 10.0. The number of rotatable bonds is 32. The van der Waals surface area contributed by atoms with Crippen LogP contribution in [0.15, 0.2) is 12.2 Å². The summed E-state index contributed by atoms with van der Waals surface area (Å²) >= 11 is 0. The summed E-state index contributed by atoms with van der Waals surface area (Å²) in [6.07, 6.45) is 49.9. The number of hydrogen-bond acceptors (Lipinski definition) is 0. The lowest BCUT2D eigenvalue weighted by molar-refractivity contribution is 0.505. The predicted octanol–water partition coefficient (Wildman–Crippen LogP) is 14.3. The molecule has 0 radical (unpaired) electrons. The fourth-order valence-electron chi connectivity index (χ4n) is 5.63. The Kier molecular flexibility index (Phi) is 33.5. The molecule has 0 heterocycles. The Morgan fingerprint density at radius 2 is 0.568 bits per heavy atom. The van der Waals surface area contributed by atoms with Crippen LogP contribution in [0.1, 0.15) is 220 Å². The molecule has 0 spiro atoms. The van der Waals surface area contributed by atoms with Crippen molar-refractivity contribution >= 4 is 0 Å². The molecule has 0 aromatic heterocycles. The molecule has 0 saturated heterocycles. The molecule has 0 fully saturated rings. The highest BCUT2D eigenvalue weighted by Crippen LogP contribution is 2.16. The molecule has 0 aliphatic carbocycles. The van der Waals surface area contributed by atoms with Crippen LogP contribution in [0.3, 0.4) is 0 Å². The number of hydrogen-bond donors (Lipinski definition) is 0. The van der Waals surface area contributed by atoms with Crippen LogP contribution in [-0.4, -0.2) is 0 Å². The van der Waals surface area contributed by atoms with Gasteiger partial charge >= 0.3 is 0 Å². The average molecular weight is 519 g/mol. The van der Waals surface area contributed by atoms with Crippen molar-refractivity contribution in [3.05, 3.63) is 12.2 Å². The van der Waals surface area contributed by atoms with Crippen LogP contribution in [0, 0.1) is 5.92 Å². The quantitative estimate of drug-likeness (QED) is 0.0613. The maximum Gasteiger partial charge on any atom is -0.0351 e. The molecule has 0 amide bonds. The summed E-state index contributed by atoms with van der Waals surface area (Å²) < 4.78 is 0. The van der Waals surface area contributed by atoms with Gasteiger partial charge in [-0.05, 0) is 31.6 Å². The molecule has 0 aliphatic rings. The lowest BCUT2D eigenvalue weighted by Gasteiger charge is -2.04. The van der Waals surface area contributed by atoms with Gasteiger partial charge in [0.1, 0.15) is 0 Å². The van der Waals surface area contributed by atoms with Gasteiger partial charge in [0.25, 0.3) is 0 Å². The fraction of sp³-hybridized carbons (Fsp3) is 0.946. The zero-order valence-electron chi connectivity index (χ0n) is 26.7. The van der Waals surface area contributed by atoms with Gasteiger partial charge in [-0.3, -0.25) is 0 Å². The maximum atomic E-state index is 2.46. The van der Waals surface area contributed by atoms with Gasteiger partial charge in [0.05, 0.1) is 0 Å². The highest BCUT2D eigenvalue weighted by Gasteiger charge is 1.97. The van der Waals surface area contributed by atoms with Crippen LogP contribution in [0.5, 0.6) is 0 Å². The Balaban J connectivity index is 3.08. The van der Waals surface area contributed by atoms with E-state index < -0.39 is 0 Å². The first kappa shape index (κ1) is 36.7. The van der Waals surface area contributed by atoms with Crippen LogP contribution in [0.4, 0.5) is 0 Å². The standard InChI is InChI=1S/C37H74/c1-4-5-6-7-8-9-10-11-12-13-14-15-16-17-18-19-20-21-22-23-24-25-26-27-28-29-30-31-32-33-34-35-36-37(2)3/h23-24,37H,4-22,25-36H2,1-3H3. The van der Waals surface area contributed by atoms with E-state index in [1.165, 1.54) is 199 Å². The minimum absolute atomic E-state index is 0.892. The van der Waals surface area contributed by atoms with Gasteiger partial charge in [-0.1, -0.05) is 206 Å². The van der Waals surface area contributed by atoms with E-state index in [-0.39, 0.29) is 0 Å². The van der Waals surface area contributed by atoms with E-state index in [1.54, 1.807) is 0 Å². The van der Waals surface area contributed by atoms with Crippen LogP contribution < -0.4 is 0 Å². The Morgan fingerprint density at radius 1 is 0.324 bits per heavy atom. The highest BCUT2D eigenvalue weighted by molar-refractivity contribution is 4.81. The van der Waals surface area contributed by atoms with E-state index >= 15 is 0 Å². The van der Waals surface area contributed by atoms with Gasteiger partial charge in [0.15, 0.2) is 0 Å². The van der Waals surface area contributed by atoms with E-state index in [4.69, 9.17) is 0 Å². The molecule has 0 atom stereocenters. The molecule has 0 aromatic rings. The molecule has 37 heavy (non-hydrogen) atoms. The lowest BCUT2D eigenvalue weighted by Crippen LogP contribution is -1.87. The molecule has 0 unspecified atom stereocenters. The van der Waals surface area contributed by atoms with Crippen molar-refractivity contribution in [2.24, 2.45) is 5.92 Å². The van der Waals surface area contributed by atoms with E-state index in [9.17, 15) is 0 Å². The normalized spacial score (nSPS) is 11.9. The molecule has 0 saturated carbocycles. The minimum Gasteiger partial charge on any atom is -0.0885 e. The molecule has 0 N–H and O–H groups in total. The van der Waals surface area contributed by atoms with Crippen LogP contribution in [0.2, 0.25) is 0 Å². The molecule has 222 valence electrons. The van der Waals surface area contributed by atoms with Crippen molar-refractivity contribution in [3.8, 4) is 0 Å². The second-order valence-electron chi connectivity index (χ2n) is 12.8. The second kappa shape index (κ2) is 33.8. The molecule has 0 heteroatoms. The molecular formula is C37H74. The summed E-state index contributed by atoms with van der Waals surface area (Å²) in [6.45, 7) is 7.00. The van der Waals surface area contributed by atoms with E-state index in [0.717, 1.165) is 5.92 Å². The third-order valence-corrected chi connectivity index (χ3v) is 8.29. The molecular weight excluding hydrogens is 444 g/mol. The van der Waals surface area contributed by atoms with Crippen molar-refractivity contribution in [2.75, 3.05) is 0 Å². The first-order valence-electron chi connectivity index (χ1n) is 17.9. The van der Waals surface area contributed by atoms with Crippen molar-refractivity contribution in [3.63, 3.8) is 0 Å². The fourth-order valence-corrected chi connectivity index (χ4v) is 5.63. The third-order valence-electron chi connectivity index (χ3n) is 8.29. The zero-order valence-corrected chi connectivity index (χ0v) is 26.7. The monoisotopic (exact) mass is 519 g/mol. The van der Waals surface area contributed by atoms with E-state index in [2.05, 4.69) is 32.9 Å². The summed E-state index contributed by atoms with van der Waals surface area (Å²) in [5, 5.41) is 0. The summed E-state index contributed by atoms with van der Waals surface area (Å²) in [7, 11) is 0. The number of allylic oxidation sites excluding steroid dienone is 2. The Bertz CT molecular complexity index is 406. The zero-order chi connectivity index (χ0) is 26.9. The van der Waals surface area contributed by atoms with Gasteiger partial charge in [0, 0.05) is 0 Å². The topological polar surface area (TPSA) is 0 Å². The molecule has 0 nitrogen and oxygen atoms in total. The molecule has 0 aliphatic heterocycles. The SMILES string of the molecule is CCCCCCCCCCCCCCCCCCCCC=CCCCCCCCCCCCCC(C)C. The van der Waals surface area contributed by atoms with Crippen LogP contribution >= 0.6 is 0 Å². The van der Waals surface area contributed by atoms with Crippen molar-refractivity contribution < 1.29 is 0 Å². The summed E-state index contributed by atoms with van der Waals surface area (Å²) in [5.41, 5.74) is 0. The average Bonchev–Trinajstić information content (AvgIpc) is 2.89. The summed E-state index contributed by atoms with van der Waals surface area (Å²) in [4.78, 5) is 0. The summed E-state index contributed by atoms with van der Waals surface area (Å²) in [6, 6.07) is 0. The van der Waals surface area contributed by atoms with Crippen molar-refractivity contribution in [1.29, 1.82) is 0 Å². The number of unbranched alkanes of at least 4 members (excludes halogenated alkanes) is 28. The second-order valence-corrected chi connectivity index (χ2v) is 12.8. The van der Waals surface area contributed by atoms with E-state index in [1.807, 2.05) is 0 Å². The van der Waals surface area contributed by atoms with Gasteiger partial charge in [-0.25, -0.2) is 0 Å². The molecule has 0 bridgehead atoms. The third kappa shape index (κ3) is 35.7. The molecule has 0 aromatic carbocycles. The van der Waals surface area contributed by atoms with Crippen LogP contribution in [-0.2, 0) is 0 Å². The van der Waals surface area contributed by atoms with Gasteiger partial charge in [-0.2, -0.15) is 0 Å². The maximum absolute atomic E-state index is 2.46. The van der Waals surface area contributed by atoms with Crippen LogP contribution in [0.25, 0.3) is 0 Å². The van der Waals surface area contributed by atoms with Gasteiger partial charge in [-0.15, -0.1) is 0 Å². The van der Waals surface area contributed by atoms with Crippen molar-refractivity contribution in [2.45, 2.75) is 220 Å². The Hall–Kier alpha value is -0.260. The predicted molar refractivity (Wildman–Crippen MR) is 173 cm³/mol. The van der Waals surface area contributed by atoms with Gasteiger partial charge in [0.2, 0.25) is 0 Å². The van der Waals surface area contributed by atoms with E-state index in [0.29, 0.717) is 0 Å². The Labute approximate surface area is 237 Å². The van der Waals surface area contributed by atoms with Crippen molar-refractivity contribution in [1.82, 2.24) is 0 Å². The Morgan fingerprint density at radius 3 is 0.838 bits per heavy atom. The largest absolute Gasteiger partial charge is 0.0885 e.